The van der Waals surface area contributed by atoms with Crippen LogP contribution in [-0.4, -0.2) is 13.1 Å². The molecular weight excluding hydrogens is 218 g/mol. The molecular formula is C17H33N. The van der Waals surface area contributed by atoms with Gasteiger partial charge in [-0.15, -0.1) is 0 Å². The standard InChI is InChI=1S/C17H33N/c1-14(2)7-5-3-4-6-10-18-13-17-12-15-8-9-16(17)11-15/h14-18H,3-13H2,1-2H3. The van der Waals surface area contributed by atoms with E-state index in [-0.39, 0.29) is 0 Å². The first-order valence-corrected chi connectivity index (χ1v) is 8.46. The Hall–Kier alpha value is -0.0400. The molecule has 2 fully saturated rings. The second-order valence-corrected chi connectivity index (χ2v) is 7.24. The Bertz CT molecular complexity index is 224. The zero-order valence-corrected chi connectivity index (χ0v) is 12.6. The van der Waals surface area contributed by atoms with Gasteiger partial charge in [0.25, 0.3) is 0 Å². The summed E-state index contributed by atoms with van der Waals surface area (Å²) in [6.07, 6.45) is 13.3. The maximum absolute atomic E-state index is 3.71. The van der Waals surface area contributed by atoms with Crippen LogP contribution in [-0.2, 0) is 0 Å². The fraction of sp³-hybridized carbons (Fsp3) is 1.00. The molecule has 0 heterocycles. The van der Waals surface area contributed by atoms with Gasteiger partial charge in [-0.1, -0.05) is 46.0 Å². The van der Waals surface area contributed by atoms with Crippen LogP contribution in [0.25, 0.3) is 0 Å². The number of fused-ring (bicyclic) bond motifs is 2. The topological polar surface area (TPSA) is 12.0 Å². The zero-order chi connectivity index (χ0) is 12.8. The van der Waals surface area contributed by atoms with E-state index in [0.29, 0.717) is 0 Å². The first-order valence-electron chi connectivity index (χ1n) is 8.46. The molecule has 0 spiro atoms. The third-order valence-corrected chi connectivity index (χ3v) is 5.18. The quantitative estimate of drug-likeness (QED) is 0.590. The van der Waals surface area contributed by atoms with Crippen LogP contribution < -0.4 is 5.32 Å². The Morgan fingerprint density at radius 1 is 1.00 bits per heavy atom. The molecule has 0 aromatic carbocycles. The lowest BCUT2D eigenvalue weighted by atomic mass is 9.89. The molecule has 0 aromatic rings. The van der Waals surface area contributed by atoms with E-state index in [4.69, 9.17) is 0 Å². The van der Waals surface area contributed by atoms with Crippen LogP contribution in [0.3, 0.4) is 0 Å². The SMILES string of the molecule is CC(C)CCCCCCNCC1CC2CCC1C2. The van der Waals surface area contributed by atoms with Crippen LogP contribution in [0.5, 0.6) is 0 Å². The van der Waals surface area contributed by atoms with E-state index >= 15 is 0 Å². The molecule has 2 aliphatic carbocycles. The van der Waals surface area contributed by atoms with Crippen LogP contribution in [0.1, 0.15) is 71.6 Å². The summed E-state index contributed by atoms with van der Waals surface area (Å²) in [4.78, 5) is 0. The van der Waals surface area contributed by atoms with Crippen LogP contribution in [0.4, 0.5) is 0 Å². The van der Waals surface area contributed by atoms with Gasteiger partial charge >= 0.3 is 0 Å². The van der Waals surface area contributed by atoms with Gasteiger partial charge in [-0.25, -0.2) is 0 Å². The third-order valence-electron chi connectivity index (χ3n) is 5.18. The summed E-state index contributed by atoms with van der Waals surface area (Å²) >= 11 is 0. The average Bonchev–Trinajstić information content (AvgIpc) is 2.94. The van der Waals surface area contributed by atoms with E-state index < -0.39 is 0 Å². The van der Waals surface area contributed by atoms with Crippen molar-refractivity contribution in [2.24, 2.45) is 23.7 Å². The molecule has 2 rings (SSSR count). The maximum Gasteiger partial charge on any atom is -0.00178 e. The van der Waals surface area contributed by atoms with Crippen molar-refractivity contribution in [3.63, 3.8) is 0 Å². The second kappa shape index (κ2) is 7.53. The molecule has 1 heteroatoms. The maximum atomic E-state index is 3.71. The molecule has 0 aromatic heterocycles. The Morgan fingerprint density at radius 2 is 1.83 bits per heavy atom. The van der Waals surface area contributed by atoms with E-state index in [1.165, 1.54) is 64.5 Å². The molecule has 0 amide bonds. The van der Waals surface area contributed by atoms with Crippen molar-refractivity contribution in [3.8, 4) is 0 Å². The highest BCUT2D eigenvalue weighted by atomic mass is 14.9. The van der Waals surface area contributed by atoms with E-state index in [2.05, 4.69) is 19.2 Å². The minimum atomic E-state index is 0.890. The third kappa shape index (κ3) is 4.57. The van der Waals surface area contributed by atoms with Crippen molar-refractivity contribution in [1.29, 1.82) is 0 Å². The highest BCUT2D eigenvalue weighted by Crippen LogP contribution is 2.47. The van der Waals surface area contributed by atoms with Crippen LogP contribution in [0.2, 0.25) is 0 Å². The minimum absolute atomic E-state index is 0.890. The van der Waals surface area contributed by atoms with Gasteiger partial charge in [0.1, 0.15) is 0 Å². The fourth-order valence-corrected chi connectivity index (χ4v) is 4.07. The van der Waals surface area contributed by atoms with Crippen LogP contribution in [0.15, 0.2) is 0 Å². The van der Waals surface area contributed by atoms with Gasteiger partial charge in [0.05, 0.1) is 0 Å². The molecule has 1 N–H and O–H groups in total. The lowest BCUT2D eigenvalue weighted by Gasteiger charge is -2.21. The second-order valence-electron chi connectivity index (χ2n) is 7.24. The van der Waals surface area contributed by atoms with Gasteiger partial charge in [-0.3, -0.25) is 0 Å². The van der Waals surface area contributed by atoms with E-state index in [0.717, 1.165) is 23.7 Å². The van der Waals surface area contributed by atoms with Gasteiger partial charge in [0.15, 0.2) is 0 Å². The summed E-state index contributed by atoms with van der Waals surface area (Å²) in [6, 6.07) is 0. The highest BCUT2D eigenvalue weighted by molar-refractivity contribution is 4.90. The lowest BCUT2D eigenvalue weighted by Crippen LogP contribution is -2.27. The molecule has 3 unspecified atom stereocenters. The number of hydrogen-bond donors (Lipinski definition) is 1. The highest BCUT2D eigenvalue weighted by Gasteiger charge is 2.38. The summed E-state index contributed by atoms with van der Waals surface area (Å²) < 4.78 is 0. The lowest BCUT2D eigenvalue weighted by molar-refractivity contribution is 0.318. The van der Waals surface area contributed by atoms with Crippen molar-refractivity contribution in [3.05, 3.63) is 0 Å². The van der Waals surface area contributed by atoms with E-state index in [1.807, 2.05) is 0 Å². The normalized spacial score (nSPS) is 30.5. The number of nitrogens with one attached hydrogen (secondary N) is 1. The van der Waals surface area contributed by atoms with Crippen molar-refractivity contribution in [1.82, 2.24) is 5.32 Å². The summed E-state index contributed by atoms with van der Waals surface area (Å²) in [5.41, 5.74) is 0. The summed E-state index contributed by atoms with van der Waals surface area (Å²) in [5.74, 6) is 4.12. The summed E-state index contributed by atoms with van der Waals surface area (Å²) in [5, 5.41) is 3.71. The molecule has 0 saturated heterocycles. The molecule has 2 aliphatic rings. The molecule has 0 radical (unpaired) electrons. The predicted molar refractivity (Wildman–Crippen MR) is 79.7 cm³/mol. The van der Waals surface area contributed by atoms with Crippen LogP contribution in [0, 0.1) is 23.7 Å². The van der Waals surface area contributed by atoms with E-state index in [9.17, 15) is 0 Å². The fourth-order valence-electron chi connectivity index (χ4n) is 4.07. The zero-order valence-electron chi connectivity index (χ0n) is 12.6. The first-order chi connectivity index (χ1) is 8.75. The molecule has 0 aliphatic heterocycles. The minimum Gasteiger partial charge on any atom is -0.316 e. The van der Waals surface area contributed by atoms with Crippen LogP contribution >= 0.6 is 0 Å². The summed E-state index contributed by atoms with van der Waals surface area (Å²) in [6.45, 7) is 7.23. The largest absolute Gasteiger partial charge is 0.316 e. The number of rotatable bonds is 9. The Kier molecular flexibility index (Phi) is 6.01. The van der Waals surface area contributed by atoms with Crippen molar-refractivity contribution in [2.45, 2.75) is 71.6 Å². The number of hydrogen-bond acceptors (Lipinski definition) is 1. The van der Waals surface area contributed by atoms with Gasteiger partial charge in [0, 0.05) is 0 Å². The Labute approximate surface area is 114 Å². The molecule has 1 nitrogen and oxygen atoms in total. The molecule has 2 bridgehead atoms. The van der Waals surface area contributed by atoms with Gasteiger partial charge in [0.2, 0.25) is 0 Å². The monoisotopic (exact) mass is 251 g/mol. The molecule has 106 valence electrons. The molecule has 18 heavy (non-hydrogen) atoms. The smallest absolute Gasteiger partial charge is 0.00178 e. The van der Waals surface area contributed by atoms with Crippen molar-refractivity contribution >= 4 is 0 Å². The van der Waals surface area contributed by atoms with E-state index in [1.54, 1.807) is 6.42 Å². The summed E-state index contributed by atoms with van der Waals surface area (Å²) in [7, 11) is 0. The Morgan fingerprint density at radius 3 is 2.50 bits per heavy atom. The van der Waals surface area contributed by atoms with Gasteiger partial charge in [-0.2, -0.15) is 0 Å². The van der Waals surface area contributed by atoms with Gasteiger partial charge in [-0.05, 0) is 62.4 Å². The Balaban J connectivity index is 1.38. The molecule has 3 atom stereocenters. The van der Waals surface area contributed by atoms with Gasteiger partial charge < -0.3 is 5.32 Å². The first kappa shape index (κ1) is 14.4. The molecule has 2 saturated carbocycles. The van der Waals surface area contributed by atoms with Crippen molar-refractivity contribution in [2.75, 3.05) is 13.1 Å². The predicted octanol–water partition coefficient (Wildman–Crippen LogP) is 4.62. The van der Waals surface area contributed by atoms with Crippen molar-refractivity contribution < 1.29 is 0 Å². The average molecular weight is 251 g/mol. The number of unbranched alkanes of at least 4 members (excludes halogenated alkanes) is 3.